The van der Waals surface area contributed by atoms with E-state index in [9.17, 15) is 10.2 Å². The average molecular weight is 849 g/mol. The molecule has 0 aliphatic carbocycles. The Morgan fingerprint density at radius 1 is 0.359 bits per heavy atom. The lowest BCUT2D eigenvalue weighted by Gasteiger charge is -2.34. The second-order valence-corrected chi connectivity index (χ2v) is 16.9. The predicted octanol–water partition coefficient (Wildman–Crippen LogP) is 8.46. The Morgan fingerprint density at radius 2 is 0.656 bits per heavy atom. The van der Waals surface area contributed by atoms with Crippen molar-refractivity contribution in [3.8, 4) is 57.1 Å². The lowest BCUT2D eigenvalue weighted by molar-refractivity contribution is 0.313. The fourth-order valence-corrected chi connectivity index (χ4v) is 8.62. The number of aromatic nitrogens is 8. The average Bonchev–Trinajstić information content (AvgIpc) is 4.14. The Bertz CT molecular complexity index is 3040. The number of H-pyrrole nitrogens is 4. The van der Waals surface area contributed by atoms with Crippen LogP contribution in [0, 0.1) is 0 Å². The number of nitrogens with zero attached hydrogens (tertiary/aromatic N) is 8. The minimum absolute atomic E-state index is 0.243. The van der Waals surface area contributed by atoms with E-state index in [1.54, 1.807) is 24.3 Å². The molecule has 6 aromatic carbocycles. The molecule has 6 N–H and O–H groups in total. The third-order valence-corrected chi connectivity index (χ3v) is 12.5. The number of fused-ring (bicyclic) bond motifs is 4. The maximum atomic E-state index is 9.52. The van der Waals surface area contributed by atoms with Crippen LogP contribution in [-0.2, 0) is 0 Å². The van der Waals surface area contributed by atoms with Crippen molar-refractivity contribution in [2.24, 2.45) is 0 Å². The normalized spacial score (nSPS) is 15.1. The number of aromatic amines is 4. The molecule has 0 amide bonds. The maximum Gasteiger partial charge on any atom is 0.138 e. The first-order valence-electron chi connectivity index (χ1n) is 21.7. The van der Waals surface area contributed by atoms with Crippen LogP contribution in [0.4, 0.5) is 11.4 Å². The molecule has 6 heterocycles. The molecule has 64 heavy (non-hydrogen) atoms. The van der Waals surface area contributed by atoms with Crippen LogP contribution in [0.3, 0.4) is 0 Å². The minimum atomic E-state index is 0.243. The number of piperazine rings is 2. The molecule has 14 heteroatoms. The number of aromatic hydroxyl groups is 2. The van der Waals surface area contributed by atoms with Gasteiger partial charge in [-0.25, -0.2) is 19.9 Å². The summed E-state index contributed by atoms with van der Waals surface area (Å²) in [5, 5.41) is 19.0. The highest BCUT2D eigenvalue weighted by Crippen LogP contribution is 2.31. The standard InChI is InChI=1S/2C25H24N6O/c2*1-30-10-12-31(13-11-30)18-5-9-21-23(15-18)29-25(27-21)17-4-8-20-22(14-17)28-24(26-20)16-2-6-19(32)7-3-16/h2*2-9,14-15,32H,10-13H2,1H3,(H,26,28)(H,27,29). The van der Waals surface area contributed by atoms with Gasteiger partial charge in [-0.15, -0.1) is 0 Å². The van der Waals surface area contributed by atoms with Crippen molar-refractivity contribution in [2.45, 2.75) is 0 Å². The topological polar surface area (TPSA) is 168 Å². The highest BCUT2D eigenvalue weighted by Gasteiger charge is 2.18. The largest absolute Gasteiger partial charge is 0.508 e. The van der Waals surface area contributed by atoms with E-state index in [-0.39, 0.29) is 11.5 Å². The van der Waals surface area contributed by atoms with E-state index in [4.69, 9.17) is 9.97 Å². The molecule has 0 spiro atoms. The second kappa shape index (κ2) is 16.2. The van der Waals surface area contributed by atoms with Crippen LogP contribution in [-0.4, -0.2) is 126 Å². The molecule has 10 aromatic rings. The number of benzene rings is 6. The van der Waals surface area contributed by atoms with Gasteiger partial charge in [0.1, 0.15) is 34.8 Å². The van der Waals surface area contributed by atoms with Gasteiger partial charge < -0.3 is 49.7 Å². The zero-order chi connectivity index (χ0) is 43.3. The second-order valence-electron chi connectivity index (χ2n) is 16.9. The summed E-state index contributed by atoms with van der Waals surface area (Å²) < 4.78 is 0. The number of hydrogen-bond donors (Lipinski definition) is 6. The summed E-state index contributed by atoms with van der Waals surface area (Å²) in [6, 6.07) is 39.3. The smallest absolute Gasteiger partial charge is 0.138 e. The van der Waals surface area contributed by atoms with Gasteiger partial charge in [0.05, 0.1) is 44.1 Å². The molecule has 0 bridgehead atoms. The van der Waals surface area contributed by atoms with Gasteiger partial charge >= 0.3 is 0 Å². The summed E-state index contributed by atoms with van der Waals surface area (Å²) in [7, 11) is 4.34. The Labute approximate surface area is 368 Å². The van der Waals surface area contributed by atoms with E-state index >= 15 is 0 Å². The lowest BCUT2D eigenvalue weighted by atomic mass is 10.2. The van der Waals surface area contributed by atoms with E-state index in [0.29, 0.717) is 0 Å². The highest BCUT2D eigenvalue weighted by atomic mass is 16.3. The summed E-state index contributed by atoms with van der Waals surface area (Å²) in [6.07, 6.45) is 0. The van der Waals surface area contributed by atoms with Gasteiger partial charge in [-0.2, -0.15) is 0 Å². The zero-order valence-electron chi connectivity index (χ0n) is 35.7. The van der Waals surface area contributed by atoms with Crippen LogP contribution in [0.5, 0.6) is 11.5 Å². The molecule has 2 aliphatic rings. The Kier molecular flexibility index (Phi) is 9.93. The summed E-state index contributed by atoms with van der Waals surface area (Å²) >= 11 is 0. The molecule has 0 saturated carbocycles. The molecule has 0 radical (unpaired) electrons. The molecule has 2 saturated heterocycles. The maximum absolute atomic E-state index is 9.52. The minimum Gasteiger partial charge on any atom is -0.508 e. The third-order valence-electron chi connectivity index (χ3n) is 12.5. The molecule has 14 nitrogen and oxygen atoms in total. The summed E-state index contributed by atoms with van der Waals surface area (Å²) in [5.41, 5.74) is 14.1. The van der Waals surface area contributed by atoms with Crippen molar-refractivity contribution in [1.29, 1.82) is 0 Å². The van der Waals surface area contributed by atoms with Gasteiger partial charge in [0.25, 0.3) is 0 Å². The number of hydrogen-bond acceptors (Lipinski definition) is 10. The molecule has 0 atom stereocenters. The molecule has 0 unspecified atom stereocenters. The van der Waals surface area contributed by atoms with Crippen LogP contribution in [0.1, 0.15) is 0 Å². The van der Waals surface area contributed by atoms with Gasteiger partial charge in [-0.3, -0.25) is 0 Å². The molecular formula is C50H48N12O2. The zero-order valence-corrected chi connectivity index (χ0v) is 35.7. The first-order valence-corrected chi connectivity index (χ1v) is 21.7. The monoisotopic (exact) mass is 848 g/mol. The van der Waals surface area contributed by atoms with E-state index in [2.05, 4.69) is 112 Å². The van der Waals surface area contributed by atoms with E-state index in [1.807, 2.05) is 48.5 Å². The fourth-order valence-electron chi connectivity index (χ4n) is 8.62. The van der Waals surface area contributed by atoms with Crippen LogP contribution in [0.2, 0.25) is 0 Å². The summed E-state index contributed by atoms with van der Waals surface area (Å²) in [4.78, 5) is 42.4. The molecule has 320 valence electrons. The number of likely N-dealkylation sites (N-methyl/N-ethyl adjacent to an activating group) is 2. The fraction of sp³-hybridized carbons (Fsp3) is 0.200. The Morgan fingerprint density at radius 3 is 1.02 bits per heavy atom. The van der Waals surface area contributed by atoms with Crippen LogP contribution < -0.4 is 9.80 Å². The van der Waals surface area contributed by atoms with Crippen molar-refractivity contribution >= 4 is 55.5 Å². The number of rotatable bonds is 6. The van der Waals surface area contributed by atoms with E-state index in [0.717, 1.165) is 142 Å². The highest BCUT2D eigenvalue weighted by molar-refractivity contribution is 5.89. The van der Waals surface area contributed by atoms with Crippen LogP contribution >= 0.6 is 0 Å². The third kappa shape index (κ3) is 7.84. The van der Waals surface area contributed by atoms with E-state index < -0.39 is 0 Å². The van der Waals surface area contributed by atoms with Gasteiger partial charge in [0.15, 0.2) is 0 Å². The molecule has 2 aliphatic heterocycles. The van der Waals surface area contributed by atoms with E-state index in [1.165, 1.54) is 11.4 Å². The Hall–Kier alpha value is -7.68. The van der Waals surface area contributed by atoms with Gasteiger partial charge in [0, 0.05) is 86.0 Å². The van der Waals surface area contributed by atoms with Gasteiger partial charge in [-0.1, -0.05) is 0 Å². The van der Waals surface area contributed by atoms with Crippen molar-refractivity contribution < 1.29 is 10.2 Å². The van der Waals surface area contributed by atoms with Crippen molar-refractivity contribution in [3.05, 3.63) is 121 Å². The number of phenolic OH excluding ortho intramolecular Hbond substituents is 2. The van der Waals surface area contributed by atoms with Gasteiger partial charge in [-0.05, 0) is 135 Å². The molecular weight excluding hydrogens is 801 g/mol. The summed E-state index contributed by atoms with van der Waals surface area (Å²) in [6.45, 7) is 8.52. The Balaban J connectivity index is 0.000000143. The molecule has 2 fully saturated rings. The number of imidazole rings is 4. The molecule has 4 aromatic heterocycles. The first-order chi connectivity index (χ1) is 31.2. The van der Waals surface area contributed by atoms with Gasteiger partial charge in [0.2, 0.25) is 0 Å². The van der Waals surface area contributed by atoms with Crippen LogP contribution in [0.25, 0.3) is 89.7 Å². The number of anilines is 2. The lowest BCUT2D eigenvalue weighted by Crippen LogP contribution is -2.44. The van der Waals surface area contributed by atoms with Crippen molar-refractivity contribution in [2.75, 3.05) is 76.3 Å². The predicted molar refractivity (Wildman–Crippen MR) is 256 cm³/mol. The quantitative estimate of drug-likeness (QED) is 0.0956. The number of phenols is 2. The molecule has 12 rings (SSSR count). The number of nitrogens with one attached hydrogen (secondary N) is 4. The van der Waals surface area contributed by atoms with Crippen LogP contribution in [0.15, 0.2) is 121 Å². The SMILES string of the molecule is CN1CCN(c2ccc3nc(-c4ccc5nc(-c6ccc(O)cc6)[nH]c5c4)[nH]c3c2)CC1.CN1CCN(c2ccc3nc(-c4ccc5nc(-c6ccc(O)cc6)[nH]c5c4)[nH]c3c2)CC1. The first kappa shape index (κ1) is 39.2. The summed E-state index contributed by atoms with van der Waals surface area (Å²) in [5.74, 6) is 3.73. The van der Waals surface area contributed by atoms with Crippen molar-refractivity contribution in [1.82, 2.24) is 49.7 Å². The van der Waals surface area contributed by atoms with Crippen molar-refractivity contribution in [3.63, 3.8) is 0 Å².